The second-order valence-corrected chi connectivity index (χ2v) is 4.15. The number of carboxylic acid groups (broad SMARTS) is 1. The molecule has 5 heteroatoms. The smallest absolute Gasteiger partial charge is 0.309 e. The summed E-state index contributed by atoms with van der Waals surface area (Å²) in [6.07, 6.45) is 3.27. The average molecular weight is 281 g/mol. The van der Waals surface area contributed by atoms with E-state index in [1.807, 2.05) is 24.3 Å². The zero-order valence-corrected chi connectivity index (χ0v) is 9.89. The van der Waals surface area contributed by atoms with Gasteiger partial charge in [0.25, 0.3) is 0 Å². The van der Waals surface area contributed by atoms with Crippen LogP contribution in [0.5, 0.6) is 0 Å². The van der Waals surface area contributed by atoms with E-state index in [1.54, 1.807) is 17.1 Å². The van der Waals surface area contributed by atoms with E-state index in [-0.39, 0.29) is 6.42 Å². The molecular formula is C11H9BrN2O2. The molecule has 0 aliphatic carbocycles. The summed E-state index contributed by atoms with van der Waals surface area (Å²) in [7, 11) is 0. The highest BCUT2D eigenvalue weighted by atomic mass is 79.9. The van der Waals surface area contributed by atoms with Gasteiger partial charge in [-0.05, 0) is 28.1 Å². The van der Waals surface area contributed by atoms with Crippen LogP contribution >= 0.6 is 15.9 Å². The second-order valence-electron chi connectivity index (χ2n) is 3.29. The number of rotatable bonds is 3. The van der Waals surface area contributed by atoms with Crippen LogP contribution in [0.25, 0.3) is 5.69 Å². The van der Waals surface area contributed by atoms with Crippen molar-refractivity contribution in [1.29, 1.82) is 0 Å². The lowest BCUT2D eigenvalue weighted by molar-refractivity contribution is -0.136. The van der Waals surface area contributed by atoms with Crippen LogP contribution in [0, 0.1) is 0 Å². The van der Waals surface area contributed by atoms with Crippen molar-refractivity contribution in [2.45, 2.75) is 6.42 Å². The van der Waals surface area contributed by atoms with E-state index < -0.39 is 5.97 Å². The van der Waals surface area contributed by atoms with Crippen molar-refractivity contribution in [2.75, 3.05) is 0 Å². The van der Waals surface area contributed by atoms with Crippen molar-refractivity contribution >= 4 is 21.9 Å². The minimum Gasteiger partial charge on any atom is -0.481 e. The van der Waals surface area contributed by atoms with Gasteiger partial charge in [-0.2, -0.15) is 0 Å². The lowest BCUT2D eigenvalue weighted by Gasteiger charge is -2.03. The topological polar surface area (TPSA) is 55.1 Å². The average Bonchev–Trinajstić information content (AvgIpc) is 2.66. The summed E-state index contributed by atoms with van der Waals surface area (Å²) in [6, 6.07) is 7.68. The van der Waals surface area contributed by atoms with Gasteiger partial charge < -0.3 is 9.67 Å². The summed E-state index contributed by atoms with van der Waals surface area (Å²) < 4.78 is 2.73. The molecule has 1 aromatic heterocycles. The summed E-state index contributed by atoms with van der Waals surface area (Å²) in [4.78, 5) is 14.6. The normalized spacial score (nSPS) is 10.3. The number of aromatic nitrogens is 2. The summed E-state index contributed by atoms with van der Waals surface area (Å²) in [5.74, 6) is -0.877. The molecule has 0 saturated heterocycles. The van der Waals surface area contributed by atoms with Crippen LogP contribution in [0.3, 0.4) is 0 Å². The van der Waals surface area contributed by atoms with Gasteiger partial charge in [-0.3, -0.25) is 4.79 Å². The van der Waals surface area contributed by atoms with Crippen LogP contribution in [0.2, 0.25) is 0 Å². The Hall–Kier alpha value is -1.62. The quantitative estimate of drug-likeness (QED) is 0.938. The first-order chi connectivity index (χ1) is 7.66. The number of nitrogens with zero attached hydrogens (tertiary/aromatic N) is 2. The Balaban J connectivity index is 2.32. The number of aliphatic carboxylic acids is 1. The molecule has 1 N–H and O–H groups in total. The third-order valence-corrected chi connectivity index (χ3v) is 2.77. The molecule has 4 nitrogen and oxygen atoms in total. The van der Waals surface area contributed by atoms with E-state index in [1.165, 1.54) is 0 Å². The molecule has 2 aromatic rings. The maximum atomic E-state index is 10.5. The number of carbonyl (C=O) groups is 1. The van der Waals surface area contributed by atoms with Crippen molar-refractivity contribution in [3.63, 3.8) is 0 Å². The van der Waals surface area contributed by atoms with Crippen molar-refractivity contribution in [3.05, 3.63) is 47.0 Å². The Bertz CT molecular complexity index is 522. The Morgan fingerprint density at radius 2 is 2.19 bits per heavy atom. The van der Waals surface area contributed by atoms with Gasteiger partial charge in [0, 0.05) is 10.7 Å². The lowest BCUT2D eigenvalue weighted by atomic mass is 10.3. The van der Waals surface area contributed by atoms with E-state index >= 15 is 0 Å². The van der Waals surface area contributed by atoms with Gasteiger partial charge in [0.05, 0.1) is 24.1 Å². The van der Waals surface area contributed by atoms with E-state index in [9.17, 15) is 4.79 Å². The predicted octanol–water partition coefficient (Wildman–Crippen LogP) is 2.26. The number of halogens is 1. The van der Waals surface area contributed by atoms with Crippen LogP contribution < -0.4 is 0 Å². The molecular weight excluding hydrogens is 272 g/mol. The number of hydrogen-bond donors (Lipinski definition) is 1. The van der Waals surface area contributed by atoms with Gasteiger partial charge in [0.1, 0.15) is 0 Å². The van der Waals surface area contributed by atoms with Gasteiger partial charge in [-0.1, -0.05) is 12.1 Å². The molecule has 1 aromatic carbocycles. The largest absolute Gasteiger partial charge is 0.481 e. The third-order valence-electron chi connectivity index (χ3n) is 2.10. The third kappa shape index (κ3) is 2.30. The van der Waals surface area contributed by atoms with Gasteiger partial charge in [-0.15, -0.1) is 0 Å². The van der Waals surface area contributed by atoms with E-state index in [2.05, 4.69) is 20.9 Å². The highest BCUT2D eigenvalue weighted by molar-refractivity contribution is 9.10. The minimum atomic E-state index is -0.877. The molecule has 2 rings (SSSR count). The van der Waals surface area contributed by atoms with Crippen LogP contribution in [-0.4, -0.2) is 20.6 Å². The summed E-state index contributed by atoms with van der Waals surface area (Å²) in [5, 5.41) is 8.64. The fraction of sp³-hybridized carbons (Fsp3) is 0.0909. The van der Waals surface area contributed by atoms with E-state index in [0.717, 1.165) is 10.2 Å². The molecule has 0 spiro atoms. The molecule has 0 unspecified atom stereocenters. The fourth-order valence-electron chi connectivity index (χ4n) is 1.40. The first-order valence-electron chi connectivity index (χ1n) is 4.66. The molecule has 16 heavy (non-hydrogen) atoms. The predicted molar refractivity (Wildman–Crippen MR) is 62.6 cm³/mol. The molecule has 0 amide bonds. The first-order valence-corrected chi connectivity index (χ1v) is 5.45. The monoisotopic (exact) mass is 280 g/mol. The van der Waals surface area contributed by atoms with Crippen LogP contribution in [-0.2, 0) is 11.2 Å². The second kappa shape index (κ2) is 4.49. The lowest BCUT2D eigenvalue weighted by Crippen LogP contribution is -2.00. The van der Waals surface area contributed by atoms with E-state index in [4.69, 9.17) is 5.11 Å². The highest BCUT2D eigenvalue weighted by Crippen LogP contribution is 2.20. The first kappa shape index (κ1) is 10.9. The molecule has 0 atom stereocenters. The zero-order valence-electron chi connectivity index (χ0n) is 8.30. The van der Waals surface area contributed by atoms with Crippen LogP contribution in [0.15, 0.2) is 41.3 Å². The van der Waals surface area contributed by atoms with Crippen LogP contribution in [0.1, 0.15) is 5.69 Å². The van der Waals surface area contributed by atoms with Gasteiger partial charge >= 0.3 is 5.97 Å². The molecule has 0 radical (unpaired) electrons. The maximum Gasteiger partial charge on any atom is 0.309 e. The maximum absolute atomic E-state index is 10.5. The summed E-state index contributed by atoms with van der Waals surface area (Å²) in [5.41, 5.74) is 1.48. The van der Waals surface area contributed by atoms with Gasteiger partial charge in [0.2, 0.25) is 0 Å². The molecule has 0 saturated carbocycles. The number of carboxylic acids is 1. The molecule has 0 aliphatic rings. The number of imidazole rings is 1. The molecule has 0 aliphatic heterocycles. The number of hydrogen-bond acceptors (Lipinski definition) is 2. The Labute approximate surface area is 101 Å². The standard InChI is InChI=1S/C11H9BrN2O2/c12-9-3-1-2-4-10(9)14-6-8(13-7-14)5-11(15)16/h1-4,6-7H,5H2,(H,15,16). The van der Waals surface area contributed by atoms with Crippen molar-refractivity contribution in [1.82, 2.24) is 9.55 Å². The summed E-state index contributed by atoms with van der Waals surface area (Å²) >= 11 is 3.43. The van der Waals surface area contributed by atoms with Crippen molar-refractivity contribution in [3.8, 4) is 5.69 Å². The Morgan fingerprint density at radius 1 is 1.44 bits per heavy atom. The fourth-order valence-corrected chi connectivity index (χ4v) is 1.89. The number of benzene rings is 1. The molecule has 0 fully saturated rings. The van der Waals surface area contributed by atoms with Crippen LogP contribution in [0.4, 0.5) is 0 Å². The number of para-hydroxylation sites is 1. The van der Waals surface area contributed by atoms with Gasteiger partial charge in [-0.25, -0.2) is 4.98 Å². The molecule has 0 bridgehead atoms. The van der Waals surface area contributed by atoms with Crippen molar-refractivity contribution in [2.24, 2.45) is 0 Å². The highest BCUT2D eigenvalue weighted by Gasteiger charge is 2.06. The van der Waals surface area contributed by atoms with Gasteiger partial charge in [0.15, 0.2) is 0 Å². The van der Waals surface area contributed by atoms with Crippen molar-refractivity contribution < 1.29 is 9.90 Å². The zero-order chi connectivity index (χ0) is 11.5. The Morgan fingerprint density at radius 3 is 2.88 bits per heavy atom. The minimum absolute atomic E-state index is 0.0581. The molecule has 1 heterocycles. The Kier molecular flexibility index (Phi) is 3.05. The SMILES string of the molecule is O=C(O)Cc1cn(-c2ccccc2Br)cn1. The summed E-state index contributed by atoms with van der Waals surface area (Å²) in [6.45, 7) is 0. The molecule has 82 valence electrons. The van der Waals surface area contributed by atoms with E-state index in [0.29, 0.717) is 5.69 Å².